The number of hydrogen-bond acceptors (Lipinski definition) is 4. The van der Waals surface area contributed by atoms with Crippen molar-refractivity contribution < 1.29 is 8.42 Å². The van der Waals surface area contributed by atoms with Crippen LogP contribution in [0, 0.1) is 6.92 Å². The molecule has 0 aliphatic carbocycles. The van der Waals surface area contributed by atoms with Crippen molar-refractivity contribution in [3.05, 3.63) is 48.3 Å². The first-order chi connectivity index (χ1) is 11.5. The van der Waals surface area contributed by atoms with Gasteiger partial charge in [0.05, 0.1) is 23.4 Å². The van der Waals surface area contributed by atoms with Gasteiger partial charge in [0.15, 0.2) is 9.84 Å². The Balaban J connectivity index is 1.63. The average molecular weight is 347 g/mol. The molecule has 0 N–H and O–H groups in total. The Hall–Kier alpha value is -1.66. The van der Waals surface area contributed by atoms with Crippen molar-refractivity contribution in [2.24, 2.45) is 0 Å². The van der Waals surface area contributed by atoms with Crippen molar-refractivity contribution in [2.75, 3.05) is 18.8 Å². The summed E-state index contributed by atoms with van der Waals surface area (Å²) in [5.41, 5.74) is 1.16. The molecule has 6 heteroatoms. The number of piperidine rings is 1. The third kappa shape index (κ3) is 4.24. The second-order valence-electron chi connectivity index (χ2n) is 6.56. The van der Waals surface area contributed by atoms with Crippen molar-refractivity contribution >= 4 is 9.84 Å². The number of rotatable bonds is 6. The molecule has 0 radical (unpaired) electrons. The zero-order chi connectivity index (χ0) is 17.0. The van der Waals surface area contributed by atoms with E-state index in [9.17, 15) is 8.42 Å². The Morgan fingerprint density at radius 3 is 2.71 bits per heavy atom. The van der Waals surface area contributed by atoms with E-state index in [1.807, 2.05) is 30.1 Å². The number of likely N-dealkylation sites (tertiary alicyclic amines) is 1. The maximum absolute atomic E-state index is 12.5. The molecule has 1 atom stereocenters. The van der Waals surface area contributed by atoms with Crippen LogP contribution in [0.3, 0.4) is 0 Å². The van der Waals surface area contributed by atoms with Crippen LogP contribution in [0.4, 0.5) is 0 Å². The van der Waals surface area contributed by atoms with Crippen LogP contribution in [0.2, 0.25) is 0 Å². The standard InChI is InChI=1S/C18H25N3O2S/c1-16-13-19-21(14-16)15-17-7-5-6-10-20(17)11-12-24(22,23)18-8-3-2-4-9-18/h2-4,8-9,13-14,17H,5-7,10-12,15H2,1H3. The highest BCUT2D eigenvalue weighted by molar-refractivity contribution is 7.91. The van der Waals surface area contributed by atoms with Crippen LogP contribution in [0.5, 0.6) is 0 Å². The largest absolute Gasteiger partial charge is 0.298 e. The van der Waals surface area contributed by atoms with Gasteiger partial charge in [0.2, 0.25) is 0 Å². The molecule has 1 aromatic carbocycles. The summed E-state index contributed by atoms with van der Waals surface area (Å²) in [6.07, 6.45) is 7.36. The fraction of sp³-hybridized carbons (Fsp3) is 0.500. The molecule has 0 saturated carbocycles. The lowest BCUT2D eigenvalue weighted by molar-refractivity contribution is 0.137. The fourth-order valence-corrected chi connectivity index (χ4v) is 4.61. The zero-order valence-electron chi connectivity index (χ0n) is 14.1. The van der Waals surface area contributed by atoms with Crippen LogP contribution in [0.1, 0.15) is 24.8 Å². The molecule has 0 spiro atoms. The number of aromatic nitrogens is 2. The molecule has 2 heterocycles. The lowest BCUT2D eigenvalue weighted by Crippen LogP contribution is -2.44. The quantitative estimate of drug-likeness (QED) is 0.806. The molecule has 3 rings (SSSR count). The van der Waals surface area contributed by atoms with Gasteiger partial charge in [-0.2, -0.15) is 5.10 Å². The van der Waals surface area contributed by atoms with Gasteiger partial charge in [0.1, 0.15) is 0 Å². The first kappa shape index (κ1) is 17.2. The predicted octanol–water partition coefficient (Wildman–Crippen LogP) is 2.52. The summed E-state index contributed by atoms with van der Waals surface area (Å²) in [6.45, 7) is 4.42. The molecule has 1 aromatic heterocycles. The maximum Gasteiger partial charge on any atom is 0.179 e. The minimum atomic E-state index is -3.22. The van der Waals surface area contributed by atoms with Crippen molar-refractivity contribution in [3.63, 3.8) is 0 Å². The molecule has 0 amide bonds. The molecule has 1 saturated heterocycles. The van der Waals surface area contributed by atoms with Gasteiger partial charge in [0, 0.05) is 18.8 Å². The van der Waals surface area contributed by atoms with E-state index in [-0.39, 0.29) is 5.75 Å². The summed E-state index contributed by atoms with van der Waals surface area (Å²) in [4.78, 5) is 2.74. The normalized spacial score (nSPS) is 19.5. The summed E-state index contributed by atoms with van der Waals surface area (Å²) in [7, 11) is -3.22. The average Bonchev–Trinajstić information content (AvgIpc) is 3.00. The molecule has 1 fully saturated rings. The lowest BCUT2D eigenvalue weighted by atomic mass is 10.0. The summed E-state index contributed by atoms with van der Waals surface area (Å²) in [6, 6.07) is 9.11. The van der Waals surface area contributed by atoms with E-state index in [4.69, 9.17) is 0 Å². The van der Waals surface area contributed by atoms with Gasteiger partial charge in [-0.25, -0.2) is 8.42 Å². The fourth-order valence-electron chi connectivity index (χ4n) is 3.33. The molecule has 1 unspecified atom stereocenters. The monoisotopic (exact) mass is 347 g/mol. The molecule has 1 aliphatic rings. The topological polar surface area (TPSA) is 55.2 Å². The van der Waals surface area contributed by atoms with Gasteiger partial charge in [-0.05, 0) is 44.0 Å². The van der Waals surface area contributed by atoms with E-state index < -0.39 is 9.84 Å². The van der Waals surface area contributed by atoms with Gasteiger partial charge < -0.3 is 0 Å². The van der Waals surface area contributed by atoms with E-state index in [0.29, 0.717) is 17.5 Å². The molecule has 2 aromatic rings. The lowest BCUT2D eigenvalue weighted by Gasteiger charge is -2.35. The van der Waals surface area contributed by atoms with Gasteiger partial charge in [-0.1, -0.05) is 24.6 Å². The highest BCUT2D eigenvalue weighted by Crippen LogP contribution is 2.19. The Kier molecular flexibility index (Phi) is 5.36. The predicted molar refractivity (Wildman–Crippen MR) is 94.7 cm³/mol. The summed E-state index contributed by atoms with van der Waals surface area (Å²) >= 11 is 0. The third-order valence-corrected chi connectivity index (χ3v) is 6.37. The second kappa shape index (κ2) is 7.49. The van der Waals surface area contributed by atoms with Crippen molar-refractivity contribution in [1.82, 2.24) is 14.7 Å². The van der Waals surface area contributed by atoms with Crippen molar-refractivity contribution in [1.29, 1.82) is 0 Å². The van der Waals surface area contributed by atoms with Crippen LogP contribution >= 0.6 is 0 Å². The molecule has 24 heavy (non-hydrogen) atoms. The Labute approximate surface area is 144 Å². The van der Waals surface area contributed by atoms with Gasteiger partial charge in [-0.3, -0.25) is 9.58 Å². The van der Waals surface area contributed by atoms with Crippen molar-refractivity contribution in [3.8, 4) is 0 Å². The third-order valence-electron chi connectivity index (χ3n) is 4.66. The van der Waals surface area contributed by atoms with E-state index in [0.717, 1.165) is 31.5 Å². The summed E-state index contributed by atoms with van der Waals surface area (Å²) in [5.74, 6) is 0.172. The second-order valence-corrected chi connectivity index (χ2v) is 8.67. The van der Waals surface area contributed by atoms with Crippen LogP contribution in [-0.4, -0.2) is 48.0 Å². The van der Waals surface area contributed by atoms with Gasteiger partial charge in [0.25, 0.3) is 0 Å². The van der Waals surface area contributed by atoms with E-state index in [1.54, 1.807) is 24.3 Å². The SMILES string of the molecule is Cc1cnn(CC2CCCCN2CCS(=O)(=O)c2ccccc2)c1. The molecule has 0 bridgehead atoms. The molecule has 5 nitrogen and oxygen atoms in total. The highest BCUT2D eigenvalue weighted by Gasteiger charge is 2.25. The van der Waals surface area contributed by atoms with Crippen LogP contribution in [0.25, 0.3) is 0 Å². The highest BCUT2D eigenvalue weighted by atomic mass is 32.2. The Morgan fingerprint density at radius 2 is 2.00 bits per heavy atom. The smallest absolute Gasteiger partial charge is 0.179 e. The van der Waals surface area contributed by atoms with Crippen LogP contribution in [-0.2, 0) is 16.4 Å². The first-order valence-corrected chi connectivity index (χ1v) is 10.2. The van der Waals surface area contributed by atoms with Crippen LogP contribution in [0.15, 0.2) is 47.6 Å². The summed E-state index contributed by atoms with van der Waals surface area (Å²) in [5, 5.41) is 4.37. The molecular weight excluding hydrogens is 322 g/mol. The zero-order valence-corrected chi connectivity index (χ0v) is 15.0. The number of nitrogens with zero attached hydrogens (tertiary/aromatic N) is 3. The number of aryl methyl sites for hydroxylation is 1. The van der Waals surface area contributed by atoms with Crippen molar-refractivity contribution in [2.45, 2.75) is 43.7 Å². The molecular formula is C18H25N3O2S. The molecule has 1 aliphatic heterocycles. The van der Waals surface area contributed by atoms with Gasteiger partial charge >= 0.3 is 0 Å². The number of hydrogen-bond donors (Lipinski definition) is 0. The number of sulfone groups is 1. The van der Waals surface area contributed by atoms with Gasteiger partial charge in [-0.15, -0.1) is 0 Å². The minimum absolute atomic E-state index is 0.172. The van der Waals surface area contributed by atoms with E-state index in [1.165, 1.54) is 6.42 Å². The Morgan fingerprint density at radius 1 is 1.21 bits per heavy atom. The first-order valence-electron chi connectivity index (χ1n) is 8.55. The number of benzene rings is 1. The summed E-state index contributed by atoms with van der Waals surface area (Å²) < 4.78 is 27.0. The Bertz CT molecular complexity index is 756. The maximum atomic E-state index is 12.5. The molecule has 130 valence electrons. The van der Waals surface area contributed by atoms with Crippen LogP contribution < -0.4 is 0 Å². The van der Waals surface area contributed by atoms with E-state index >= 15 is 0 Å². The minimum Gasteiger partial charge on any atom is -0.298 e. The van der Waals surface area contributed by atoms with E-state index in [2.05, 4.69) is 10.00 Å².